The number of hydrogen-bond donors (Lipinski definition) is 0. The fourth-order valence-corrected chi connectivity index (χ4v) is 0. The van der Waals surface area contributed by atoms with E-state index in [4.69, 9.17) is 0 Å². The summed E-state index contributed by atoms with van der Waals surface area (Å²) in [5, 5.41) is 0. The zero-order valence-electron chi connectivity index (χ0n) is 2.76. The van der Waals surface area contributed by atoms with Crippen molar-refractivity contribution in [2.24, 2.45) is 0 Å². The molecule has 0 aliphatic heterocycles. The molecule has 0 saturated heterocycles. The second kappa shape index (κ2) is 15.7. The first-order valence-electron chi connectivity index (χ1n) is 0. The summed E-state index contributed by atoms with van der Waals surface area (Å²) >= 11 is 0. The average Bonchev–Trinajstić information content (AvgIpc) is 0. The fraction of sp³-hybridized carbons (Fsp3) is 0. The molecule has 0 aromatic heterocycles. The summed E-state index contributed by atoms with van der Waals surface area (Å²) in [6.07, 6.45) is 0. The van der Waals surface area contributed by atoms with Gasteiger partial charge in [-0.05, 0) is 0 Å². The maximum Gasteiger partial charge on any atom is 1.00 e. The van der Waals surface area contributed by atoms with Crippen molar-refractivity contribution >= 4 is 0 Å². The summed E-state index contributed by atoms with van der Waals surface area (Å²) < 4.78 is 0. The van der Waals surface area contributed by atoms with Crippen LogP contribution in [0.5, 0.6) is 0 Å². The molecule has 0 heterocycles. The van der Waals surface area contributed by atoms with Crippen LogP contribution in [0.15, 0.2) is 0 Å². The van der Waals surface area contributed by atoms with Crippen molar-refractivity contribution in [1.82, 2.24) is 0 Å². The third kappa shape index (κ3) is 9.67. The minimum atomic E-state index is 0. The first kappa shape index (κ1) is 23.7. The van der Waals surface area contributed by atoms with E-state index in [9.17, 15) is 0 Å². The monoisotopic (exact) mass is 288 g/mol. The Morgan fingerprint density at radius 2 is 0.750 bits per heavy atom. The van der Waals surface area contributed by atoms with Crippen molar-refractivity contribution in [2.45, 2.75) is 0 Å². The molecule has 0 rings (SSSR count). The van der Waals surface area contributed by atoms with Gasteiger partial charge in [-0.25, -0.2) is 0 Å². The van der Waals surface area contributed by atoms with Gasteiger partial charge >= 0.3 is 127 Å². The summed E-state index contributed by atoms with van der Waals surface area (Å²) in [5.74, 6) is 0. The molecule has 0 aromatic carbocycles. The van der Waals surface area contributed by atoms with E-state index >= 15 is 0 Å². The van der Waals surface area contributed by atoms with Crippen molar-refractivity contribution in [3.05, 3.63) is 0 Å². The van der Waals surface area contributed by atoms with Crippen LogP contribution >= 0.6 is 0 Å². The molecule has 0 saturated carbocycles. The summed E-state index contributed by atoms with van der Waals surface area (Å²) in [6.45, 7) is 0. The SMILES string of the molecule is [Cl-].[Cl-].[Cs+].[Rb+]. The predicted octanol–water partition coefficient (Wildman–Crippen LogP) is -12.0. The molecule has 0 N–H and O–H groups in total. The van der Waals surface area contributed by atoms with Gasteiger partial charge in [0.25, 0.3) is 0 Å². The van der Waals surface area contributed by atoms with Gasteiger partial charge in [0, 0.05) is 0 Å². The van der Waals surface area contributed by atoms with Gasteiger partial charge in [-0.3, -0.25) is 0 Å². The van der Waals surface area contributed by atoms with Gasteiger partial charge in [-0.2, -0.15) is 0 Å². The maximum atomic E-state index is 0. The van der Waals surface area contributed by atoms with Crippen LogP contribution in [-0.4, -0.2) is 0 Å². The minimum Gasteiger partial charge on any atom is -1.00 e. The Labute approximate surface area is 146 Å². The van der Waals surface area contributed by atoms with Crippen molar-refractivity contribution in [3.8, 4) is 0 Å². The van der Waals surface area contributed by atoms with E-state index in [0.29, 0.717) is 0 Å². The molecule has 0 bridgehead atoms. The Kier molecular flexibility index (Phi) is 92.8. The summed E-state index contributed by atoms with van der Waals surface area (Å²) in [5.41, 5.74) is 0. The van der Waals surface area contributed by atoms with Crippen molar-refractivity contribution in [2.75, 3.05) is 0 Å². The normalized spacial score (nSPS) is 0. The molecule has 0 fully saturated rings. The molecule has 0 atom stereocenters. The van der Waals surface area contributed by atoms with Gasteiger partial charge < -0.3 is 24.8 Å². The van der Waals surface area contributed by atoms with Crippen LogP contribution in [-0.2, 0) is 0 Å². The molecule has 4 heavy (non-hydrogen) atoms. The molecule has 0 amide bonds. The van der Waals surface area contributed by atoms with Crippen LogP contribution in [0, 0.1) is 0 Å². The summed E-state index contributed by atoms with van der Waals surface area (Å²) in [4.78, 5) is 0. The van der Waals surface area contributed by atoms with Crippen LogP contribution in [0.4, 0.5) is 0 Å². The van der Waals surface area contributed by atoms with E-state index in [2.05, 4.69) is 0 Å². The molecule has 0 spiro atoms. The zero-order chi connectivity index (χ0) is 0. The Morgan fingerprint density at radius 3 is 0.750 bits per heavy atom. The molecule has 0 aromatic rings. The van der Waals surface area contributed by atoms with Crippen LogP contribution in [0.3, 0.4) is 0 Å². The third-order valence-electron chi connectivity index (χ3n) is 0. The summed E-state index contributed by atoms with van der Waals surface area (Å²) in [6, 6.07) is 0. The van der Waals surface area contributed by atoms with Gasteiger partial charge in [0.2, 0.25) is 0 Å². The Balaban J connectivity index is 0. The van der Waals surface area contributed by atoms with Crippen LogP contribution in [0.25, 0.3) is 0 Å². The maximum absolute atomic E-state index is 0. The molecule has 0 aliphatic carbocycles. The predicted molar refractivity (Wildman–Crippen MR) is 0 cm³/mol. The van der Waals surface area contributed by atoms with Crippen LogP contribution < -0.4 is 152 Å². The smallest absolute Gasteiger partial charge is 1.00 e. The van der Waals surface area contributed by atoms with Gasteiger partial charge in [-0.1, -0.05) is 0 Å². The van der Waals surface area contributed by atoms with Gasteiger partial charge in [0.15, 0.2) is 0 Å². The molecule has 0 nitrogen and oxygen atoms in total. The van der Waals surface area contributed by atoms with Crippen molar-refractivity contribution < 1.29 is 152 Å². The summed E-state index contributed by atoms with van der Waals surface area (Å²) in [7, 11) is 0. The Hall–Kier alpha value is 4.44. The van der Waals surface area contributed by atoms with E-state index in [1.54, 1.807) is 0 Å². The van der Waals surface area contributed by atoms with E-state index < -0.39 is 0 Å². The largest absolute Gasteiger partial charge is 1.00 e. The zero-order valence-corrected chi connectivity index (χ0v) is 15.5. The number of halogens is 2. The molecule has 4 heteroatoms. The second-order valence-corrected chi connectivity index (χ2v) is 0. The average molecular weight is 289 g/mol. The molecule has 0 radical (unpaired) electrons. The fourth-order valence-electron chi connectivity index (χ4n) is 0. The number of rotatable bonds is 0. The van der Waals surface area contributed by atoms with Crippen LogP contribution in [0.2, 0.25) is 0 Å². The standard InChI is InChI=1S/2ClH.Cs.Rb/h2*1H;;/q;;2*+1/p-2. The molecular weight excluding hydrogens is 289 g/mol. The van der Waals surface area contributed by atoms with Crippen LogP contribution in [0.1, 0.15) is 0 Å². The molecule has 16 valence electrons. The van der Waals surface area contributed by atoms with E-state index in [0.717, 1.165) is 0 Å². The molecule has 0 unspecified atom stereocenters. The van der Waals surface area contributed by atoms with E-state index in [1.807, 2.05) is 0 Å². The van der Waals surface area contributed by atoms with E-state index in [-0.39, 0.29) is 152 Å². The third-order valence-corrected chi connectivity index (χ3v) is 0. The van der Waals surface area contributed by atoms with Gasteiger partial charge in [-0.15, -0.1) is 0 Å². The van der Waals surface area contributed by atoms with Gasteiger partial charge in [0.1, 0.15) is 0 Å². The quantitative estimate of drug-likeness (QED) is 0.415. The minimum absolute atomic E-state index is 0. The topological polar surface area (TPSA) is 0 Å². The molecule has 0 aliphatic rings. The van der Waals surface area contributed by atoms with E-state index in [1.165, 1.54) is 0 Å². The van der Waals surface area contributed by atoms with Gasteiger partial charge in [0.05, 0.1) is 0 Å². The first-order chi connectivity index (χ1) is 0. The van der Waals surface area contributed by atoms with Crippen molar-refractivity contribution in [3.63, 3.8) is 0 Å². The second-order valence-electron chi connectivity index (χ2n) is 0. The first-order valence-corrected chi connectivity index (χ1v) is 0. The Morgan fingerprint density at radius 1 is 0.750 bits per heavy atom. The molecular formula is Cl2CsRb. The number of hydrogen-bond acceptors (Lipinski definition) is 0. The van der Waals surface area contributed by atoms with Crippen molar-refractivity contribution in [1.29, 1.82) is 0 Å². The Bertz CT molecular complexity index is 6.00.